The molecule has 1 aliphatic heterocycles. The zero-order valence-electron chi connectivity index (χ0n) is 16.8. The predicted octanol–water partition coefficient (Wildman–Crippen LogP) is 4.68. The Morgan fingerprint density at radius 3 is 2.94 bits per heavy atom. The van der Waals surface area contributed by atoms with Gasteiger partial charge >= 0.3 is 0 Å². The van der Waals surface area contributed by atoms with E-state index in [1.165, 1.54) is 17.0 Å². The smallest absolute Gasteiger partial charge is 0.189 e. The number of nitrogens with one attached hydrogen (secondary N) is 1. The quantitative estimate of drug-likeness (QED) is 0.481. The molecule has 5 rings (SSSR count). The second-order valence-corrected chi connectivity index (χ2v) is 8.43. The minimum atomic E-state index is 0.264. The monoisotopic (exact) mass is 427 g/mol. The first-order valence-corrected chi connectivity index (χ1v) is 11.0. The van der Waals surface area contributed by atoms with E-state index in [0.29, 0.717) is 10.0 Å². The molecular formula is C23H21N7S. The number of nitriles is 1. The van der Waals surface area contributed by atoms with Gasteiger partial charge in [0.05, 0.1) is 17.9 Å². The van der Waals surface area contributed by atoms with Crippen LogP contribution in [0.15, 0.2) is 67.1 Å². The van der Waals surface area contributed by atoms with Gasteiger partial charge in [0.15, 0.2) is 5.13 Å². The maximum absolute atomic E-state index is 9.00. The highest BCUT2D eigenvalue weighted by atomic mass is 32.1. The van der Waals surface area contributed by atoms with Crippen LogP contribution in [-0.2, 0) is 6.54 Å². The minimum Gasteiger partial charge on any atom is -0.316 e. The van der Waals surface area contributed by atoms with Crippen molar-refractivity contribution < 1.29 is 0 Å². The predicted molar refractivity (Wildman–Crippen MR) is 120 cm³/mol. The summed E-state index contributed by atoms with van der Waals surface area (Å²) in [5.74, 6) is 1.68. The van der Waals surface area contributed by atoms with Crippen molar-refractivity contribution in [2.24, 2.45) is 0 Å². The average Bonchev–Trinajstić information content (AvgIpc) is 3.56. The van der Waals surface area contributed by atoms with Crippen LogP contribution in [0.1, 0.15) is 35.1 Å². The van der Waals surface area contributed by atoms with Crippen LogP contribution in [0.2, 0.25) is 0 Å². The maximum Gasteiger partial charge on any atom is 0.189 e. The van der Waals surface area contributed by atoms with Gasteiger partial charge in [-0.25, -0.2) is 15.0 Å². The number of hydrogen-bond donors (Lipinski definition) is 1. The maximum atomic E-state index is 9.00. The first-order chi connectivity index (χ1) is 15.3. The fourth-order valence-electron chi connectivity index (χ4n) is 4.02. The molecule has 1 saturated heterocycles. The number of rotatable bonds is 6. The highest BCUT2D eigenvalue weighted by Crippen LogP contribution is 2.33. The summed E-state index contributed by atoms with van der Waals surface area (Å²) in [6.45, 7) is 1.88. The summed E-state index contributed by atoms with van der Waals surface area (Å²) in [4.78, 5) is 16.7. The van der Waals surface area contributed by atoms with Gasteiger partial charge in [-0.1, -0.05) is 23.5 Å². The second kappa shape index (κ2) is 8.68. The van der Waals surface area contributed by atoms with Crippen molar-refractivity contribution in [1.29, 1.82) is 5.26 Å². The van der Waals surface area contributed by atoms with Gasteiger partial charge in [-0.15, -0.1) is 0 Å². The summed E-state index contributed by atoms with van der Waals surface area (Å²) >= 11 is 1.33. The van der Waals surface area contributed by atoms with Crippen molar-refractivity contribution in [3.63, 3.8) is 0 Å². The van der Waals surface area contributed by atoms with Crippen molar-refractivity contribution in [2.45, 2.75) is 25.4 Å². The molecule has 8 heteroatoms. The van der Waals surface area contributed by atoms with E-state index in [9.17, 15) is 0 Å². The Kier molecular flexibility index (Phi) is 5.44. The Morgan fingerprint density at radius 1 is 1.13 bits per heavy atom. The van der Waals surface area contributed by atoms with Crippen LogP contribution in [0.4, 0.5) is 10.9 Å². The molecule has 7 nitrogen and oxygen atoms in total. The zero-order valence-corrected chi connectivity index (χ0v) is 17.7. The third-order valence-corrected chi connectivity index (χ3v) is 6.24. The van der Waals surface area contributed by atoms with Gasteiger partial charge in [0.1, 0.15) is 22.6 Å². The lowest BCUT2D eigenvalue weighted by Gasteiger charge is -2.25. The van der Waals surface area contributed by atoms with E-state index in [2.05, 4.69) is 55.2 Å². The molecule has 1 atom stereocenters. The van der Waals surface area contributed by atoms with Gasteiger partial charge in [-0.2, -0.15) is 5.26 Å². The highest BCUT2D eigenvalue weighted by molar-refractivity contribution is 7.16. The lowest BCUT2D eigenvalue weighted by molar-refractivity contribution is 0.240. The number of thiazole rings is 1. The standard InChI is InChI=1S/C23H21N7S/c24-14-18-15-26-23(31-18)28-21-9-3-7-19(27-21)20-8-5-12-29(20)16-17-6-4-13-30(17)22-10-1-2-11-25-22/h1-4,6-7,9-11,13,15,20H,5,8,12,16H2,(H,26,27,28)/t20-/m1/s1. The molecule has 0 radical (unpaired) electrons. The van der Waals surface area contributed by atoms with Crippen LogP contribution in [-0.4, -0.2) is 31.0 Å². The molecule has 0 amide bonds. The van der Waals surface area contributed by atoms with Crippen LogP contribution < -0.4 is 5.32 Å². The van der Waals surface area contributed by atoms with Crippen molar-refractivity contribution in [2.75, 3.05) is 11.9 Å². The molecular weight excluding hydrogens is 406 g/mol. The zero-order chi connectivity index (χ0) is 21.0. The Labute approximate surface area is 184 Å². The van der Waals surface area contributed by atoms with E-state index in [0.717, 1.165) is 43.3 Å². The number of aromatic nitrogens is 4. The lowest BCUT2D eigenvalue weighted by Crippen LogP contribution is -2.24. The van der Waals surface area contributed by atoms with Crippen molar-refractivity contribution in [3.8, 4) is 11.9 Å². The van der Waals surface area contributed by atoms with E-state index in [1.54, 1.807) is 6.20 Å². The van der Waals surface area contributed by atoms with Gasteiger partial charge in [0, 0.05) is 24.6 Å². The number of pyridine rings is 2. The molecule has 1 N–H and O–H groups in total. The normalized spacial score (nSPS) is 16.3. The van der Waals surface area contributed by atoms with E-state index < -0.39 is 0 Å². The van der Waals surface area contributed by atoms with Crippen LogP contribution >= 0.6 is 11.3 Å². The molecule has 154 valence electrons. The molecule has 4 aromatic heterocycles. The van der Waals surface area contributed by atoms with Crippen molar-refractivity contribution in [1.82, 2.24) is 24.4 Å². The van der Waals surface area contributed by atoms with E-state index in [-0.39, 0.29) is 6.04 Å². The number of nitrogens with zero attached hydrogens (tertiary/aromatic N) is 6. The topological polar surface area (TPSA) is 82.7 Å². The number of hydrogen-bond acceptors (Lipinski definition) is 7. The summed E-state index contributed by atoms with van der Waals surface area (Å²) in [5, 5.41) is 12.9. The summed E-state index contributed by atoms with van der Waals surface area (Å²) in [7, 11) is 0. The second-order valence-electron chi connectivity index (χ2n) is 7.40. The SMILES string of the molecule is N#Cc1cnc(Nc2cccc([C@H]3CCCN3Cc3cccn3-c3ccccn3)n2)s1. The Bertz CT molecular complexity index is 1210. The number of anilines is 2. The minimum absolute atomic E-state index is 0.264. The van der Waals surface area contributed by atoms with Crippen LogP contribution in [0.25, 0.3) is 5.82 Å². The lowest BCUT2D eigenvalue weighted by atomic mass is 10.1. The summed E-state index contributed by atoms with van der Waals surface area (Å²) in [5.41, 5.74) is 2.27. The highest BCUT2D eigenvalue weighted by Gasteiger charge is 2.28. The number of likely N-dealkylation sites (tertiary alicyclic amines) is 1. The molecule has 5 heterocycles. The summed E-state index contributed by atoms with van der Waals surface area (Å²) in [6.07, 6.45) is 7.69. The van der Waals surface area contributed by atoms with Gasteiger partial charge in [-0.05, 0) is 55.8 Å². The van der Waals surface area contributed by atoms with Crippen LogP contribution in [0.5, 0.6) is 0 Å². The first-order valence-electron chi connectivity index (χ1n) is 10.2. The van der Waals surface area contributed by atoms with Crippen molar-refractivity contribution >= 4 is 22.3 Å². The molecule has 0 aliphatic carbocycles. The van der Waals surface area contributed by atoms with E-state index in [1.807, 2.05) is 36.5 Å². The van der Waals surface area contributed by atoms with Gasteiger partial charge in [0.25, 0.3) is 0 Å². The molecule has 0 saturated carbocycles. The first kappa shape index (κ1) is 19.4. The Hall–Kier alpha value is -3.54. The summed E-state index contributed by atoms with van der Waals surface area (Å²) in [6, 6.07) is 18.6. The molecule has 0 bridgehead atoms. The molecule has 4 aromatic rings. The molecule has 0 aromatic carbocycles. The van der Waals surface area contributed by atoms with Crippen molar-refractivity contribution in [3.05, 3.63) is 83.4 Å². The van der Waals surface area contributed by atoms with Gasteiger partial charge in [0.2, 0.25) is 0 Å². The van der Waals surface area contributed by atoms with Gasteiger partial charge < -0.3 is 9.88 Å². The van der Waals surface area contributed by atoms with Crippen LogP contribution in [0, 0.1) is 11.3 Å². The molecule has 1 aliphatic rings. The Morgan fingerprint density at radius 2 is 2.10 bits per heavy atom. The Balaban J connectivity index is 1.34. The van der Waals surface area contributed by atoms with E-state index >= 15 is 0 Å². The van der Waals surface area contributed by atoms with E-state index in [4.69, 9.17) is 10.2 Å². The molecule has 31 heavy (non-hydrogen) atoms. The fraction of sp³-hybridized carbons (Fsp3) is 0.217. The third-order valence-electron chi connectivity index (χ3n) is 5.42. The molecule has 0 unspecified atom stereocenters. The summed E-state index contributed by atoms with van der Waals surface area (Å²) < 4.78 is 2.15. The molecule has 0 spiro atoms. The largest absolute Gasteiger partial charge is 0.316 e. The average molecular weight is 428 g/mol. The fourth-order valence-corrected chi connectivity index (χ4v) is 4.64. The van der Waals surface area contributed by atoms with Gasteiger partial charge in [-0.3, -0.25) is 4.90 Å². The van der Waals surface area contributed by atoms with Crippen LogP contribution in [0.3, 0.4) is 0 Å². The third kappa shape index (κ3) is 4.19. The molecule has 1 fully saturated rings.